The van der Waals surface area contributed by atoms with Crippen molar-refractivity contribution >= 4 is 17.9 Å². The number of unbranched alkanes of at least 4 members (excludes halogenated alkanes) is 20. The molecule has 370 valence electrons. The molecule has 0 rings (SSSR count). The third-order valence-electron chi connectivity index (χ3n) is 11.0. The Balaban J connectivity index is 4.43. The molecular weight excluding hydrogens is 805 g/mol. The first-order valence-corrected chi connectivity index (χ1v) is 26.7. The van der Waals surface area contributed by atoms with Gasteiger partial charge in [-0.1, -0.05) is 208 Å². The van der Waals surface area contributed by atoms with E-state index in [1.807, 2.05) is 0 Å². The monoisotopic (exact) mass is 903 g/mol. The molecule has 0 aliphatic rings. The summed E-state index contributed by atoms with van der Waals surface area (Å²) in [7, 11) is 0. The summed E-state index contributed by atoms with van der Waals surface area (Å²) in [5, 5.41) is 0. The maximum Gasteiger partial charge on any atom is 0.306 e. The molecule has 0 radical (unpaired) electrons. The maximum absolute atomic E-state index is 12.8. The molecule has 0 aliphatic carbocycles. The van der Waals surface area contributed by atoms with Gasteiger partial charge in [-0.25, -0.2) is 0 Å². The van der Waals surface area contributed by atoms with Gasteiger partial charge in [0.2, 0.25) is 0 Å². The van der Waals surface area contributed by atoms with Crippen LogP contribution in [0.4, 0.5) is 0 Å². The van der Waals surface area contributed by atoms with E-state index >= 15 is 0 Å². The second kappa shape index (κ2) is 52.9. The van der Waals surface area contributed by atoms with Crippen molar-refractivity contribution in [1.29, 1.82) is 0 Å². The van der Waals surface area contributed by atoms with Crippen molar-refractivity contribution in [1.82, 2.24) is 0 Å². The van der Waals surface area contributed by atoms with Crippen LogP contribution in [0.25, 0.3) is 0 Å². The molecular formula is C59H98O6. The molecule has 0 aromatic carbocycles. The third kappa shape index (κ3) is 51.2. The summed E-state index contributed by atoms with van der Waals surface area (Å²) in [5.41, 5.74) is 0. The average Bonchev–Trinajstić information content (AvgIpc) is 3.30. The van der Waals surface area contributed by atoms with E-state index in [0.717, 1.165) is 141 Å². The van der Waals surface area contributed by atoms with Crippen LogP contribution in [0.15, 0.2) is 97.2 Å². The zero-order chi connectivity index (χ0) is 47.2. The Morgan fingerprint density at radius 2 is 0.600 bits per heavy atom. The highest BCUT2D eigenvalue weighted by Crippen LogP contribution is 2.14. The molecule has 0 saturated heterocycles. The van der Waals surface area contributed by atoms with Gasteiger partial charge in [0.1, 0.15) is 13.2 Å². The van der Waals surface area contributed by atoms with E-state index in [9.17, 15) is 14.4 Å². The van der Waals surface area contributed by atoms with Crippen molar-refractivity contribution in [2.45, 2.75) is 245 Å². The lowest BCUT2D eigenvalue weighted by Crippen LogP contribution is -2.30. The van der Waals surface area contributed by atoms with Crippen LogP contribution in [0.2, 0.25) is 0 Å². The summed E-state index contributed by atoms with van der Waals surface area (Å²) in [5.74, 6) is -0.927. The number of hydrogen-bond acceptors (Lipinski definition) is 6. The van der Waals surface area contributed by atoms with E-state index in [2.05, 4.69) is 118 Å². The predicted octanol–water partition coefficient (Wildman–Crippen LogP) is 17.8. The third-order valence-corrected chi connectivity index (χ3v) is 11.0. The van der Waals surface area contributed by atoms with Crippen molar-refractivity contribution in [2.75, 3.05) is 13.2 Å². The lowest BCUT2D eigenvalue weighted by atomic mass is 10.1. The van der Waals surface area contributed by atoms with Gasteiger partial charge in [0.05, 0.1) is 0 Å². The van der Waals surface area contributed by atoms with Crippen LogP contribution < -0.4 is 0 Å². The lowest BCUT2D eigenvalue weighted by Gasteiger charge is -2.18. The van der Waals surface area contributed by atoms with Gasteiger partial charge in [-0.2, -0.15) is 0 Å². The van der Waals surface area contributed by atoms with Crippen molar-refractivity contribution in [2.24, 2.45) is 0 Å². The topological polar surface area (TPSA) is 78.9 Å². The molecule has 0 aromatic heterocycles. The number of rotatable bonds is 47. The Labute approximate surface area is 400 Å². The van der Waals surface area contributed by atoms with Gasteiger partial charge >= 0.3 is 17.9 Å². The molecule has 0 amide bonds. The SMILES string of the molecule is CC/C=C\C/C=C\C/C=C\CCCCCCCCCC(=O)OCC(COC(=O)CCCCCCC/C=C\C/C=C\CCC)OC(=O)CCCCCCCCC/C=C\C/C=C\C/C=C\CC. The van der Waals surface area contributed by atoms with Gasteiger partial charge in [-0.3, -0.25) is 14.4 Å². The van der Waals surface area contributed by atoms with E-state index < -0.39 is 6.10 Å². The zero-order valence-electron chi connectivity index (χ0n) is 42.2. The molecule has 0 N–H and O–H groups in total. The summed E-state index contributed by atoms with van der Waals surface area (Å²) < 4.78 is 16.8. The molecule has 1 atom stereocenters. The van der Waals surface area contributed by atoms with E-state index in [0.29, 0.717) is 19.3 Å². The first-order chi connectivity index (χ1) is 32.0. The highest BCUT2D eigenvalue weighted by molar-refractivity contribution is 5.71. The minimum absolute atomic E-state index is 0.0924. The minimum Gasteiger partial charge on any atom is -0.462 e. The smallest absolute Gasteiger partial charge is 0.306 e. The largest absolute Gasteiger partial charge is 0.462 e. The summed E-state index contributed by atoms with van der Waals surface area (Å²) >= 11 is 0. The fraction of sp³-hybridized carbons (Fsp3) is 0.678. The van der Waals surface area contributed by atoms with Crippen LogP contribution >= 0.6 is 0 Å². The van der Waals surface area contributed by atoms with Gasteiger partial charge in [0.15, 0.2) is 6.10 Å². The van der Waals surface area contributed by atoms with Gasteiger partial charge in [-0.15, -0.1) is 0 Å². The van der Waals surface area contributed by atoms with Crippen molar-refractivity contribution in [3.8, 4) is 0 Å². The molecule has 6 nitrogen and oxygen atoms in total. The van der Waals surface area contributed by atoms with Crippen LogP contribution in [0.5, 0.6) is 0 Å². The summed E-state index contributed by atoms with van der Waals surface area (Å²) in [6, 6.07) is 0. The van der Waals surface area contributed by atoms with Crippen LogP contribution in [0.1, 0.15) is 239 Å². The molecule has 0 saturated carbocycles. The normalized spacial score (nSPS) is 12.8. The van der Waals surface area contributed by atoms with Crippen LogP contribution in [-0.4, -0.2) is 37.2 Å². The standard InChI is InChI=1S/C59H98O6/c1-4-7-10-13-16-19-22-25-27-29-31-34-37-40-43-46-49-52-58(61)64-55-56(54-63-57(60)51-48-45-42-39-36-33-24-21-18-15-12-9-6-3)65-59(62)53-50-47-44-41-38-35-32-30-28-26-23-20-17-14-11-8-5-2/h7-8,10-12,15-17,19-21,24-28,56H,4-6,9,13-14,18,22-23,29-55H2,1-3H3/b10-7-,11-8-,15-12-,19-16-,20-17-,24-21-,27-25-,28-26-. The molecule has 0 fully saturated rings. The highest BCUT2D eigenvalue weighted by Gasteiger charge is 2.19. The molecule has 0 spiro atoms. The lowest BCUT2D eigenvalue weighted by molar-refractivity contribution is -0.167. The molecule has 65 heavy (non-hydrogen) atoms. The van der Waals surface area contributed by atoms with Crippen LogP contribution in [0, 0.1) is 0 Å². The molecule has 0 heterocycles. The molecule has 6 heteroatoms. The maximum atomic E-state index is 12.8. The van der Waals surface area contributed by atoms with E-state index in [-0.39, 0.29) is 31.1 Å². The number of allylic oxidation sites excluding steroid dienone is 16. The minimum atomic E-state index is -0.794. The zero-order valence-corrected chi connectivity index (χ0v) is 42.2. The second-order valence-corrected chi connectivity index (χ2v) is 17.4. The number of carbonyl (C=O) groups excluding carboxylic acids is 3. The Morgan fingerprint density at radius 3 is 0.938 bits per heavy atom. The van der Waals surface area contributed by atoms with E-state index in [1.54, 1.807) is 0 Å². The number of esters is 3. The summed E-state index contributed by atoms with van der Waals surface area (Å²) in [6.45, 7) is 6.32. The van der Waals surface area contributed by atoms with Crippen LogP contribution in [0.3, 0.4) is 0 Å². The number of hydrogen-bond donors (Lipinski definition) is 0. The summed E-state index contributed by atoms with van der Waals surface area (Å²) in [4.78, 5) is 38.1. The Hall–Kier alpha value is -3.67. The average molecular weight is 903 g/mol. The Morgan fingerprint density at radius 1 is 0.323 bits per heavy atom. The molecule has 0 aliphatic heterocycles. The quantitative estimate of drug-likeness (QED) is 0.0262. The van der Waals surface area contributed by atoms with Crippen molar-refractivity contribution < 1.29 is 28.6 Å². The van der Waals surface area contributed by atoms with Gasteiger partial charge in [-0.05, 0) is 109 Å². The fourth-order valence-corrected chi connectivity index (χ4v) is 7.10. The first kappa shape index (κ1) is 61.3. The van der Waals surface area contributed by atoms with Gasteiger partial charge < -0.3 is 14.2 Å². The molecule has 1 unspecified atom stereocenters. The second-order valence-electron chi connectivity index (χ2n) is 17.4. The molecule has 0 bridgehead atoms. The van der Waals surface area contributed by atoms with Gasteiger partial charge in [0.25, 0.3) is 0 Å². The Bertz CT molecular complexity index is 1310. The Kier molecular flexibility index (Phi) is 50.0. The summed E-state index contributed by atoms with van der Waals surface area (Å²) in [6.07, 6.45) is 69.6. The van der Waals surface area contributed by atoms with E-state index in [1.165, 1.54) is 57.8 Å². The number of carbonyl (C=O) groups is 3. The van der Waals surface area contributed by atoms with Gasteiger partial charge in [0, 0.05) is 19.3 Å². The first-order valence-electron chi connectivity index (χ1n) is 26.7. The fourth-order valence-electron chi connectivity index (χ4n) is 7.10. The predicted molar refractivity (Wildman–Crippen MR) is 279 cm³/mol. The van der Waals surface area contributed by atoms with Crippen molar-refractivity contribution in [3.05, 3.63) is 97.2 Å². The highest BCUT2D eigenvalue weighted by atomic mass is 16.6. The van der Waals surface area contributed by atoms with Crippen LogP contribution in [-0.2, 0) is 28.6 Å². The van der Waals surface area contributed by atoms with Crippen molar-refractivity contribution in [3.63, 3.8) is 0 Å². The number of ether oxygens (including phenoxy) is 3. The molecule has 0 aromatic rings. The van der Waals surface area contributed by atoms with E-state index in [4.69, 9.17) is 14.2 Å².